The minimum absolute atomic E-state index is 0.725. The van der Waals surface area contributed by atoms with E-state index in [2.05, 4.69) is 67.4 Å². The Kier molecular flexibility index (Phi) is 5.35. The molecule has 1 saturated heterocycles. The van der Waals surface area contributed by atoms with E-state index < -0.39 is 0 Å². The van der Waals surface area contributed by atoms with Gasteiger partial charge in [0.05, 0.1) is 18.5 Å². The highest BCUT2D eigenvalue weighted by Crippen LogP contribution is 2.31. The van der Waals surface area contributed by atoms with Crippen molar-refractivity contribution >= 4 is 22.3 Å². The van der Waals surface area contributed by atoms with Crippen LogP contribution in [0.25, 0.3) is 10.8 Å². The van der Waals surface area contributed by atoms with Crippen LogP contribution < -0.4 is 14.5 Å². The minimum Gasteiger partial charge on any atom is -0.495 e. The van der Waals surface area contributed by atoms with Gasteiger partial charge in [-0.2, -0.15) is 5.10 Å². The number of anilines is 2. The predicted octanol–water partition coefficient (Wildman–Crippen LogP) is 3.95. The van der Waals surface area contributed by atoms with E-state index >= 15 is 0 Å². The highest BCUT2D eigenvalue weighted by atomic mass is 16.5. The first-order chi connectivity index (χ1) is 15.3. The molecular formula is C25H25N5O. The Hall–Kier alpha value is -3.67. The van der Waals surface area contributed by atoms with Gasteiger partial charge >= 0.3 is 0 Å². The molecule has 0 atom stereocenters. The van der Waals surface area contributed by atoms with Gasteiger partial charge in [0.2, 0.25) is 0 Å². The topological polar surface area (TPSA) is 54.4 Å². The monoisotopic (exact) mass is 411 g/mol. The molecule has 1 aliphatic heterocycles. The van der Waals surface area contributed by atoms with Crippen LogP contribution in [0.15, 0.2) is 73.1 Å². The van der Waals surface area contributed by atoms with Crippen LogP contribution in [0.4, 0.5) is 11.5 Å². The minimum atomic E-state index is 0.725. The van der Waals surface area contributed by atoms with Crippen molar-refractivity contribution < 1.29 is 4.74 Å². The lowest BCUT2D eigenvalue weighted by Gasteiger charge is -2.37. The Morgan fingerprint density at radius 1 is 0.806 bits per heavy atom. The Bertz CT molecular complexity index is 1170. The maximum Gasteiger partial charge on any atom is 0.159 e. The predicted molar refractivity (Wildman–Crippen MR) is 124 cm³/mol. The number of pyridine rings is 1. The standard InChI is InChI=1S/C25H25N5O/c1-31-24-11-5-4-10-23(24)29-13-15-30(16-14-29)25-21-9-3-2-8-20(21)22(27-28-25)17-19-7-6-12-26-18-19/h2-12,18H,13-17H2,1H3. The van der Waals surface area contributed by atoms with Gasteiger partial charge in [0, 0.05) is 55.8 Å². The molecule has 31 heavy (non-hydrogen) atoms. The van der Waals surface area contributed by atoms with Crippen LogP contribution >= 0.6 is 0 Å². The molecule has 0 unspecified atom stereocenters. The summed E-state index contributed by atoms with van der Waals surface area (Å²) in [6.45, 7) is 3.60. The van der Waals surface area contributed by atoms with Crippen molar-refractivity contribution in [2.45, 2.75) is 6.42 Å². The average Bonchev–Trinajstić information content (AvgIpc) is 2.85. The van der Waals surface area contributed by atoms with Gasteiger partial charge < -0.3 is 14.5 Å². The van der Waals surface area contributed by atoms with E-state index in [-0.39, 0.29) is 0 Å². The third kappa shape index (κ3) is 3.89. The summed E-state index contributed by atoms with van der Waals surface area (Å²) in [5, 5.41) is 11.6. The van der Waals surface area contributed by atoms with E-state index in [0.29, 0.717) is 0 Å². The fourth-order valence-electron chi connectivity index (χ4n) is 4.26. The van der Waals surface area contributed by atoms with Gasteiger partial charge in [-0.3, -0.25) is 4.98 Å². The summed E-state index contributed by atoms with van der Waals surface area (Å²) < 4.78 is 5.55. The Balaban J connectivity index is 1.39. The molecule has 3 heterocycles. The normalized spacial score (nSPS) is 14.1. The van der Waals surface area contributed by atoms with Crippen LogP contribution in [0.2, 0.25) is 0 Å². The molecule has 0 aliphatic carbocycles. The van der Waals surface area contributed by atoms with E-state index in [1.54, 1.807) is 13.3 Å². The summed E-state index contributed by atoms with van der Waals surface area (Å²) in [6.07, 6.45) is 4.41. The number of para-hydroxylation sites is 2. The number of nitrogens with zero attached hydrogens (tertiary/aromatic N) is 5. The number of aromatic nitrogens is 3. The molecule has 2 aromatic carbocycles. The van der Waals surface area contributed by atoms with Crippen LogP contribution in [0.3, 0.4) is 0 Å². The van der Waals surface area contributed by atoms with Crippen LogP contribution in [0.1, 0.15) is 11.3 Å². The quantitative estimate of drug-likeness (QED) is 0.496. The second-order valence-electron chi connectivity index (χ2n) is 7.70. The molecule has 0 amide bonds. The molecule has 156 valence electrons. The SMILES string of the molecule is COc1ccccc1N1CCN(c2nnc(Cc3cccnc3)c3ccccc23)CC1. The third-order valence-corrected chi connectivity index (χ3v) is 5.84. The molecule has 5 rings (SSSR count). The number of piperazine rings is 1. The Morgan fingerprint density at radius 2 is 1.55 bits per heavy atom. The maximum atomic E-state index is 5.55. The second-order valence-corrected chi connectivity index (χ2v) is 7.70. The molecule has 1 aliphatic rings. The molecule has 0 saturated carbocycles. The fraction of sp³-hybridized carbons (Fsp3) is 0.240. The number of methoxy groups -OCH3 is 1. The zero-order valence-electron chi connectivity index (χ0n) is 17.6. The van der Waals surface area contributed by atoms with E-state index in [0.717, 1.165) is 71.9 Å². The summed E-state index contributed by atoms with van der Waals surface area (Å²) in [4.78, 5) is 8.95. The van der Waals surface area contributed by atoms with Gasteiger partial charge in [0.1, 0.15) is 5.75 Å². The van der Waals surface area contributed by atoms with Crippen molar-refractivity contribution in [3.63, 3.8) is 0 Å². The average molecular weight is 412 g/mol. The zero-order valence-corrected chi connectivity index (χ0v) is 17.6. The Morgan fingerprint density at radius 3 is 2.32 bits per heavy atom. The summed E-state index contributed by atoms with van der Waals surface area (Å²) in [5.74, 6) is 1.88. The fourth-order valence-corrected chi connectivity index (χ4v) is 4.26. The number of hydrogen-bond donors (Lipinski definition) is 0. The number of rotatable bonds is 5. The molecular weight excluding hydrogens is 386 g/mol. The maximum absolute atomic E-state index is 5.55. The van der Waals surface area contributed by atoms with Crippen molar-refractivity contribution in [3.05, 3.63) is 84.3 Å². The largest absolute Gasteiger partial charge is 0.495 e. The van der Waals surface area contributed by atoms with Gasteiger partial charge in [0.25, 0.3) is 0 Å². The van der Waals surface area contributed by atoms with Crippen LogP contribution in [-0.4, -0.2) is 48.5 Å². The number of fused-ring (bicyclic) bond motifs is 1. The second kappa shape index (κ2) is 8.60. The van der Waals surface area contributed by atoms with Crippen molar-refractivity contribution in [3.8, 4) is 5.75 Å². The first kappa shape index (κ1) is 19.3. The first-order valence-corrected chi connectivity index (χ1v) is 10.6. The van der Waals surface area contributed by atoms with Gasteiger partial charge in [-0.25, -0.2) is 0 Å². The summed E-state index contributed by atoms with van der Waals surface area (Å²) in [6, 6.07) is 20.7. The summed E-state index contributed by atoms with van der Waals surface area (Å²) in [7, 11) is 1.73. The molecule has 6 heteroatoms. The van der Waals surface area contributed by atoms with Crippen LogP contribution in [-0.2, 0) is 6.42 Å². The van der Waals surface area contributed by atoms with E-state index in [1.165, 1.54) is 0 Å². The lowest BCUT2D eigenvalue weighted by atomic mass is 10.0. The van der Waals surface area contributed by atoms with E-state index in [1.807, 2.05) is 24.4 Å². The number of hydrogen-bond acceptors (Lipinski definition) is 6. The van der Waals surface area contributed by atoms with Crippen molar-refractivity contribution in [2.75, 3.05) is 43.1 Å². The lowest BCUT2D eigenvalue weighted by Crippen LogP contribution is -2.47. The zero-order chi connectivity index (χ0) is 21.0. The van der Waals surface area contributed by atoms with Crippen LogP contribution in [0, 0.1) is 0 Å². The molecule has 1 fully saturated rings. The summed E-state index contributed by atoms with van der Waals surface area (Å²) in [5.41, 5.74) is 3.27. The lowest BCUT2D eigenvalue weighted by molar-refractivity contribution is 0.413. The number of ether oxygens (including phenoxy) is 1. The van der Waals surface area contributed by atoms with Crippen molar-refractivity contribution in [1.82, 2.24) is 15.2 Å². The number of benzene rings is 2. The van der Waals surface area contributed by atoms with E-state index in [4.69, 9.17) is 4.74 Å². The molecule has 6 nitrogen and oxygen atoms in total. The highest BCUT2D eigenvalue weighted by molar-refractivity contribution is 5.93. The van der Waals surface area contributed by atoms with Crippen molar-refractivity contribution in [1.29, 1.82) is 0 Å². The molecule has 0 radical (unpaired) electrons. The Labute approximate surface area is 182 Å². The summed E-state index contributed by atoms with van der Waals surface area (Å²) >= 11 is 0. The molecule has 0 N–H and O–H groups in total. The van der Waals surface area contributed by atoms with E-state index in [9.17, 15) is 0 Å². The molecule has 0 spiro atoms. The van der Waals surface area contributed by atoms with Gasteiger partial charge in [0.15, 0.2) is 5.82 Å². The van der Waals surface area contributed by atoms with Gasteiger partial charge in [-0.15, -0.1) is 5.10 Å². The smallest absolute Gasteiger partial charge is 0.159 e. The molecule has 2 aromatic heterocycles. The highest BCUT2D eigenvalue weighted by Gasteiger charge is 2.22. The van der Waals surface area contributed by atoms with Crippen LogP contribution in [0.5, 0.6) is 5.75 Å². The molecule has 4 aromatic rings. The van der Waals surface area contributed by atoms with Gasteiger partial charge in [-0.1, -0.05) is 42.5 Å². The first-order valence-electron chi connectivity index (χ1n) is 10.6. The third-order valence-electron chi connectivity index (χ3n) is 5.84. The molecule has 0 bridgehead atoms. The van der Waals surface area contributed by atoms with Crippen molar-refractivity contribution in [2.24, 2.45) is 0 Å². The van der Waals surface area contributed by atoms with Gasteiger partial charge in [-0.05, 0) is 23.8 Å².